The molecular formula is C53H32N2. The fraction of sp³-hybridized carbons (Fsp3) is 0. The minimum Gasteiger partial charge on any atom is -0.292 e. The first-order chi connectivity index (χ1) is 27.3. The highest BCUT2D eigenvalue weighted by atomic mass is 15.1. The number of fused-ring (bicyclic) bond motifs is 13. The predicted octanol–water partition coefficient (Wildman–Crippen LogP) is 14.4. The largest absolute Gasteiger partial charge is 0.292 e. The molecular weight excluding hydrogens is 665 g/mol. The lowest BCUT2D eigenvalue weighted by molar-refractivity contribution is 1.11. The third-order valence-corrected chi connectivity index (χ3v) is 11.7. The summed E-state index contributed by atoms with van der Waals surface area (Å²) in [6, 6.07) is 71.0. The van der Waals surface area contributed by atoms with Crippen LogP contribution in [0.2, 0.25) is 0 Å². The number of benzene rings is 10. The van der Waals surface area contributed by atoms with E-state index in [0.29, 0.717) is 0 Å². The van der Waals surface area contributed by atoms with Gasteiger partial charge in [0.15, 0.2) is 0 Å². The van der Waals surface area contributed by atoms with Crippen molar-refractivity contribution in [2.45, 2.75) is 0 Å². The Morgan fingerprint density at radius 1 is 0.309 bits per heavy atom. The second-order valence-corrected chi connectivity index (χ2v) is 14.6. The summed E-state index contributed by atoms with van der Waals surface area (Å²) >= 11 is 0. The molecule has 0 bridgehead atoms. The van der Waals surface area contributed by atoms with Crippen molar-refractivity contribution in [3.63, 3.8) is 0 Å². The molecule has 254 valence electrons. The average Bonchev–Trinajstić information content (AvgIpc) is 3.59. The van der Waals surface area contributed by atoms with Gasteiger partial charge >= 0.3 is 0 Å². The van der Waals surface area contributed by atoms with Crippen LogP contribution >= 0.6 is 0 Å². The summed E-state index contributed by atoms with van der Waals surface area (Å²) in [5.41, 5.74) is 8.05. The highest BCUT2D eigenvalue weighted by Gasteiger charge is 2.23. The minimum absolute atomic E-state index is 0.905. The molecule has 0 spiro atoms. The second kappa shape index (κ2) is 11.6. The van der Waals surface area contributed by atoms with Gasteiger partial charge in [-0.05, 0) is 89.4 Å². The van der Waals surface area contributed by atoms with Crippen molar-refractivity contribution in [3.05, 3.63) is 194 Å². The Bertz CT molecular complexity index is 3500. The van der Waals surface area contributed by atoms with Crippen molar-refractivity contribution in [1.29, 1.82) is 0 Å². The smallest absolute Gasteiger partial charge is 0.138 e. The molecule has 0 radical (unpaired) electrons. The number of hydrogen-bond donors (Lipinski definition) is 0. The molecule has 12 rings (SSSR count). The first-order valence-electron chi connectivity index (χ1n) is 19.0. The molecule has 2 heteroatoms. The van der Waals surface area contributed by atoms with E-state index in [1.807, 2.05) is 0 Å². The number of pyridine rings is 1. The van der Waals surface area contributed by atoms with Gasteiger partial charge in [0.2, 0.25) is 0 Å². The van der Waals surface area contributed by atoms with Gasteiger partial charge in [-0.1, -0.05) is 170 Å². The molecule has 0 N–H and O–H groups in total. The predicted molar refractivity (Wildman–Crippen MR) is 234 cm³/mol. The normalized spacial score (nSPS) is 12.0. The summed E-state index contributed by atoms with van der Waals surface area (Å²) in [5, 5.41) is 16.1. The Balaban J connectivity index is 1.29. The molecule has 55 heavy (non-hydrogen) atoms. The standard InChI is InChI=1S/C53H32N2/c1-2-14-33(15-3-1)46-32-50(54-49-25-13-12-24-44(46)49)55-52-38-19-7-4-16-34(38)26-29-45(52)48-30-35-17-5-6-18-37(35)51(53(48)55)36-27-28-43-41-22-9-8-20-39(41)40-21-10-11-23-42(40)47(43)31-36/h1-32H. The van der Waals surface area contributed by atoms with Crippen LogP contribution < -0.4 is 0 Å². The third-order valence-electron chi connectivity index (χ3n) is 11.7. The zero-order valence-corrected chi connectivity index (χ0v) is 29.9. The van der Waals surface area contributed by atoms with Gasteiger partial charge in [-0.3, -0.25) is 4.57 Å². The quantitative estimate of drug-likeness (QED) is 0.168. The van der Waals surface area contributed by atoms with Crippen LogP contribution in [0.1, 0.15) is 0 Å². The van der Waals surface area contributed by atoms with Crippen molar-refractivity contribution in [3.8, 4) is 28.1 Å². The first-order valence-corrected chi connectivity index (χ1v) is 19.0. The molecule has 2 nitrogen and oxygen atoms in total. The fourth-order valence-corrected chi connectivity index (χ4v) is 9.32. The fourth-order valence-electron chi connectivity index (χ4n) is 9.32. The number of nitrogens with zero attached hydrogens (tertiary/aromatic N) is 2. The van der Waals surface area contributed by atoms with Crippen LogP contribution in [0.15, 0.2) is 194 Å². The van der Waals surface area contributed by atoms with Gasteiger partial charge in [0, 0.05) is 27.1 Å². The van der Waals surface area contributed by atoms with Crippen LogP contribution in [0.4, 0.5) is 0 Å². The molecule has 10 aromatic carbocycles. The zero-order chi connectivity index (χ0) is 36.0. The van der Waals surface area contributed by atoms with E-state index in [-0.39, 0.29) is 0 Å². The van der Waals surface area contributed by atoms with Crippen molar-refractivity contribution < 1.29 is 0 Å². The Morgan fingerprint density at radius 2 is 0.873 bits per heavy atom. The topological polar surface area (TPSA) is 17.8 Å². The lowest BCUT2D eigenvalue weighted by atomic mass is 9.90. The van der Waals surface area contributed by atoms with E-state index in [1.165, 1.54) is 92.4 Å². The summed E-state index contributed by atoms with van der Waals surface area (Å²) in [6.45, 7) is 0. The molecule has 0 saturated heterocycles. The molecule has 2 aromatic heterocycles. The summed E-state index contributed by atoms with van der Waals surface area (Å²) in [5.74, 6) is 0.905. The number of para-hydroxylation sites is 1. The molecule has 0 aliphatic heterocycles. The Morgan fingerprint density at radius 3 is 1.62 bits per heavy atom. The van der Waals surface area contributed by atoms with Crippen LogP contribution in [0.3, 0.4) is 0 Å². The van der Waals surface area contributed by atoms with Gasteiger partial charge in [0.05, 0.1) is 16.6 Å². The lowest BCUT2D eigenvalue weighted by Gasteiger charge is -2.17. The lowest BCUT2D eigenvalue weighted by Crippen LogP contribution is -2.01. The second-order valence-electron chi connectivity index (χ2n) is 14.6. The molecule has 0 aliphatic carbocycles. The Kier molecular flexibility index (Phi) is 6.37. The average molecular weight is 697 g/mol. The van der Waals surface area contributed by atoms with E-state index in [4.69, 9.17) is 4.98 Å². The van der Waals surface area contributed by atoms with Gasteiger partial charge in [-0.2, -0.15) is 0 Å². The zero-order valence-electron chi connectivity index (χ0n) is 29.9. The number of rotatable bonds is 3. The van der Waals surface area contributed by atoms with Crippen molar-refractivity contribution in [2.24, 2.45) is 0 Å². The summed E-state index contributed by atoms with van der Waals surface area (Å²) in [4.78, 5) is 5.51. The molecule has 0 unspecified atom stereocenters. The molecule has 2 heterocycles. The van der Waals surface area contributed by atoms with E-state index in [0.717, 1.165) is 22.2 Å². The summed E-state index contributed by atoms with van der Waals surface area (Å²) < 4.78 is 2.47. The maximum absolute atomic E-state index is 5.51. The van der Waals surface area contributed by atoms with Crippen LogP contribution in [0, 0.1) is 0 Å². The highest BCUT2D eigenvalue weighted by molar-refractivity contribution is 6.28. The molecule has 0 fully saturated rings. The van der Waals surface area contributed by atoms with Crippen molar-refractivity contribution >= 4 is 86.6 Å². The summed E-state index contributed by atoms with van der Waals surface area (Å²) in [6.07, 6.45) is 0. The molecule has 0 aliphatic rings. The van der Waals surface area contributed by atoms with Gasteiger partial charge in [0.25, 0.3) is 0 Å². The van der Waals surface area contributed by atoms with E-state index >= 15 is 0 Å². The van der Waals surface area contributed by atoms with E-state index < -0.39 is 0 Å². The van der Waals surface area contributed by atoms with E-state index in [9.17, 15) is 0 Å². The van der Waals surface area contributed by atoms with E-state index in [2.05, 4.69) is 199 Å². The van der Waals surface area contributed by atoms with Crippen LogP contribution in [-0.4, -0.2) is 9.55 Å². The first kappa shape index (κ1) is 30.2. The maximum Gasteiger partial charge on any atom is 0.138 e. The van der Waals surface area contributed by atoms with Crippen LogP contribution in [0.5, 0.6) is 0 Å². The maximum atomic E-state index is 5.51. The van der Waals surface area contributed by atoms with E-state index in [1.54, 1.807) is 0 Å². The van der Waals surface area contributed by atoms with Crippen molar-refractivity contribution in [1.82, 2.24) is 9.55 Å². The van der Waals surface area contributed by atoms with Gasteiger partial charge in [0.1, 0.15) is 5.82 Å². The minimum atomic E-state index is 0.905. The van der Waals surface area contributed by atoms with Crippen LogP contribution in [0.25, 0.3) is 115 Å². The van der Waals surface area contributed by atoms with Gasteiger partial charge < -0.3 is 0 Å². The number of aromatic nitrogens is 2. The summed E-state index contributed by atoms with van der Waals surface area (Å²) in [7, 11) is 0. The SMILES string of the molecule is c1ccc(-c2cc(-n3c4c(-c5ccc6c7ccccc7c7ccccc7c6c5)c5ccccc5cc4c4ccc5ccccc5c43)nc3ccccc23)cc1. The molecule has 0 saturated carbocycles. The Labute approximate surface area is 317 Å². The number of hydrogen-bond acceptors (Lipinski definition) is 1. The molecule has 0 amide bonds. The van der Waals surface area contributed by atoms with Crippen LogP contribution in [-0.2, 0) is 0 Å². The third kappa shape index (κ3) is 4.40. The van der Waals surface area contributed by atoms with Crippen molar-refractivity contribution in [2.75, 3.05) is 0 Å². The highest BCUT2D eigenvalue weighted by Crippen LogP contribution is 2.46. The molecule has 12 aromatic rings. The molecule has 0 atom stereocenters. The van der Waals surface area contributed by atoms with Gasteiger partial charge in [-0.15, -0.1) is 0 Å². The Hall–Kier alpha value is -7.29. The van der Waals surface area contributed by atoms with Gasteiger partial charge in [-0.25, -0.2) is 4.98 Å². The monoisotopic (exact) mass is 696 g/mol.